The molecule has 24 heavy (non-hydrogen) atoms. The van der Waals surface area contributed by atoms with Crippen molar-refractivity contribution >= 4 is 22.7 Å². The minimum absolute atomic E-state index is 0.322. The maximum absolute atomic E-state index is 12.2. The topological polar surface area (TPSA) is 38.4 Å². The van der Waals surface area contributed by atoms with Gasteiger partial charge in [-0.05, 0) is 37.0 Å². The third-order valence-electron chi connectivity index (χ3n) is 4.77. The largest absolute Gasteiger partial charge is 0.421 e. The van der Waals surface area contributed by atoms with Crippen LogP contribution in [0.5, 0.6) is 0 Å². The van der Waals surface area contributed by atoms with Crippen LogP contribution in [0.2, 0.25) is 5.02 Å². The first kappa shape index (κ1) is 15.5. The highest BCUT2D eigenvalue weighted by atomic mass is 35.5. The van der Waals surface area contributed by atoms with Crippen LogP contribution in [0, 0.1) is 0 Å². The Morgan fingerprint density at radius 1 is 1.17 bits per heavy atom. The van der Waals surface area contributed by atoms with Crippen molar-refractivity contribution in [3.05, 3.63) is 69.7 Å². The lowest BCUT2D eigenvalue weighted by Gasteiger charge is -2.24. The summed E-state index contributed by atoms with van der Waals surface area (Å²) in [5.41, 5.74) is 2.69. The summed E-state index contributed by atoms with van der Waals surface area (Å²) in [6.45, 7) is 1.56. The molecule has 0 N–H and O–H groups in total. The molecule has 1 fully saturated rings. The van der Waals surface area contributed by atoms with Crippen LogP contribution in [0.3, 0.4) is 0 Å². The first-order valence-corrected chi connectivity index (χ1v) is 8.65. The smallest absolute Gasteiger partial charge is 0.408 e. The van der Waals surface area contributed by atoms with E-state index in [0.717, 1.165) is 31.3 Å². The van der Waals surface area contributed by atoms with Crippen LogP contribution in [-0.2, 0) is 13.1 Å². The summed E-state index contributed by atoms with van der Waals surface area (Å²) in [4.78, 5) is 14.6. The van der Waals surface area contributed by atoms with Gasteiger partial charge in [-0.1, -0.05) is 41.9 Å². The van der Waals surface area contributed by atoms with E-state index >= 15 is 0 Å². The Bertz CT molecular complexity index is 901. The second-order valence-electron chi connectivity index (χ2n) is 6.35. The fraction of sp³-hybridized carbons (Fsp3) is 0.316. The lowest BCUT2D eigenvalue weighted by atomic mass is 10.0. The Hall–Kier alpha value is -2.04. The van der Waals surface area contributed by atoms with Crippen molar-refractivity contribution in [1.82, 2.24) is 9.47 Å². The van der Waals surface area contributed by atoms with Crippen LogP contribution in [0.1, 0.15) is 18.4 Å². The van der Waals surface area contributed by atoms with Gasteiger partial charge < -0.3 is 4.42 Å². The molecule has 0 bridgehead atoms. The van der Waals surface area contributed by atoms with Crippen molar-refractivity contribution in [3.63, 3.8) is 0 Å². The zero-order valence-electron chi connectivity index (χ0n) is 13.3. The van der Waals surface area contributed by atoms with Gasteiger partial charge in [0.2, 0.25) is 0 Å². The van der Waals surface area contributed by atoms with Gasteiger partial charge in [0.25, 0.3) is 0 Å². The molecule has 124 valence electrons. The third-order valence-corrected chi connectivity index (χ3v) is 5.00. The summed E-state index contributed by atoms with van der Waals surface area (Å²) in [6, 6.07) is 16.3. The van der Waals surface area contributed by atoms with Gasteiger partial charge in [0.15, 0.2) is 5.58 Å². The van der Waals surface area contributed by atoms with Crippen LogP contribution in [-0.4, -0.2) is 22.1 Å². The molecule has 0 aliphatic carbocycles. The van der Waals surface area contributed by atoms with Crippen molar-refractivity contribution in [1.29, 1.82) is 0 Å². The number of rotatable bonds is 4. The minimum Gasteiger partial charge on any atom is -0.408 e. The molecule has 2 aromatic carbocycles. The van der Waals surface area contributed by atoms with E-state index in [1.165, 1.54) is 5.56 Å². The number of likely N-dealkylation sites (tertiary alicyclic amines) is 1. The maximum Gasteiger partial charge on any atom is 0.421 e. The number of fused-ring (bicyclic) bond motifs is 1. The third kappa shape index (κ3) is 2.99. The van der Waals surface area contributed by atoms with Gasteiger partial charge >= 0.3 is 5.76 Å². The number of aromatic nitrogens is 1. The monoisotopic (exact) mass is 342 g/mol. The fourth-order valence-electron chi connectivity index (χ4n) is 3.55. The molecule has 1 saturated heterocycles. The molecule has 1 aliphatic heterocycles. The summed E-state index contributed by atoms with van der Waals surface area (Å²) >= 11 is 5.98. The molecule has 3 aromatic rings. The molecule has 0 spiro atoms. The van der Waals surface area contributed by atoms with Gasteiger partial charge in [0.1, 0.15) is 0 Å². The lowest BCUT2D eigenvalue weighted by Crippen LogP contribution is -2.35. The Morgan fingerprint density at radius 3 is 2.83 bits per heavy atom. The number of hydrogen-bond acceptors (Lipinski definition) is 3. The molecule has 2 heterocycles. The molecular formula is C19H19ClN2O2. The Labute approximate surface area is 145 Å². The van der Waals surface area contributed by atoms with E-state index in [4.69, 9.17) is 16.0 Å². The zero-order chi connectivity index (χ0) is 16.5. The van der Waals surface area contributed by atoms with E-state index in [9.17, 15) is 4.79 Å². The van der Waals surface area contributed by atoms with Crippen molar-refractivity contribution in [2.24, 2.45) is 0 Å². The van der Waals surface area contributed by atoms with Crippen molar-refractivity contribution in [2.75, 3.05) is 6.54 Å². The predicted octanol–water partition coefficient (Wildman–Crippen LogP) is 3.91. The Kier molecular flexibility index (Phi) is 4.17. The van der Waals surface area contributed by atoms with Gasteiger partial charge in [0.05, 0.1) is 12.2 Å². The molecule has 1 aliphatic rings. The van der Waals surface area contributed by atoms with Crippen LogP contribution in [0.4, 0.5) is 0 Å². The van der Waals surface area contributed by atoms with Gasteiger partial charge in [-0.2, -0.15) is 0 Å². The highest BCUT2D eigenvalue weighted by Crippen LogP contribution is 2.24. The van der Waals surface area contributed by atoms with E-state index in [-0.39, 0.29) is 5.76 Å². The van der Waals surface area contributed by atoms with Crippen molar-refractivity contribution in [3.8, 4) is 0 Å². The molecule has 5 heteroatoms. The number of benzene rings is 2. The average Bonchev–Trinajstić information content (AvgIpc) is 3.13. The summed E-state index contributed by atoms with van der Waals surface area (Å²) in [6.07, 6.45) is 3.33. The van der Waals surface area contributed by atoms with Crippen LogP contribution < -0.4 is 5.76 Å². The first-order chi connectivity index (χ1) is 11.7. The summed E-state index contributed by atoms with van der Waals surface area (Å²) in [5, 5.41) is 0.575. The van der Waals surface area contributed by atoms with Gasteiger partial charge in [0, 0.05) is 23.7 Å². The second kappa shape index (κ2) is 6.46. The molecule has 4 nitrogen and oxygen atoms in total. The average molecular weight is 343 g/mol. The van der Waals surface area contributed by atoms with E-state index in [1.807, 2.05) is 12.1 Å². The van der Waals surface area contributed by atoms with Gasteiger partial charge in [-0.3, -0.25) is 9.47 Å². The SMILES string of the molecule is O=c1oc2cc(Cl)ccc2n1CN1CCCC1Cc1ccccc1. The minimum atomic E-state index is -0.322. The molecule has 1 aromatic heterocycles. The Balaban J connectivity index is 1.58. The normalized spacial score (nSPS) is 18.5. The number of oxazole rings is 1. The molecular weight excluding hydrogens is 324 g/mol. The molecule has 1 unspecified atom stereocenters. The molecule has 0 saturated carbocycles. The second-order valence-corrected chi connectivity index (χ2v) is 6.78. The quantitative estimate of drug-likeness (QED) is 0.721. The summed E-state index contributed by atoms with van der Waals surface area (Å²) < 4.78 is 7.04. The van der Waals surface area contributed by atoms with Crippen LogP contribution >= 0.6 is 11.6 Å². The standard InChI is InChI=1S/C19H19ClN2O2/c20-15-8-9-17-18(12-15)24-19(23)22(17)13-21-10-4-7-16(21)11-14-5-2-1-3-6-14/h1-3,5-6,8-9,12,16H,4,7,10-11,13H2. The van der Waals surface area contributed by atoms with E-state index in [0.29, 0.717) is 23.3 Å². The predicted molar refractivity (Wildman–Crippen MR) is 95.4 cm³/mol. The molecule has 0 radical (unpaired) electrons. The molecule has 4 rings (SSSR count). The lowest BCUT2D eigenvalue weighted by molar-refractivity contribution is 0.195. The zero-order valence-corrected chi connectivity index (χ0v) is 14.1. The molecule has 0 amide bonds. The Morgan fingerprint density at radius 2 is 2.00 bits per heavy atom. The van der Waals surface area contributed by atoms with Crippen LogP contribution in [0.25, 0.3) is 11.1 Å². The van der Waals surface area contributed by atoms with E-state index in [1.54, 1.807) is 16.7 Å². The van der Waals surface area contributed by atoms with E-state index in [2.05, 4.69) is 29.2 Å². The highest BCUT2D eigenvalue weighted by molar-refractivity contribution is 6.31. The summed E-state index contributed by atoms with van der Waals surface area (Å²) in [5.74, 6) is -0.322. The van der Waals surface area contributed by atoms with Crippen molar-refractivity contribution < 1.29 is 4.42 Å². The number of halogens is 1. The number of hydrogen-bond donors (Lipinski definition) is 0. The van der Waals surface area contributed by atoms with Crippen LogP contribution in [0.15, 0.2) is 57.7 Å². The maximum atomic E-state index is 12.2. The van der Waals surface area contributed by atoms with Gasteiger partial charge in [-0.15, -0.1) is 0 Å². The number of nitrogens with zero attached hydrogens (tertiary/aromatic N) is 2. The van der Waals surface area contributed by atoms with Gasteiger partial charge in [-0.25, -0.2) is 4.79 Å². The first-order valence-electron chi connectivity index (χ1n) is 8.27. The fourth-order valence-corrected chi connectivity index (χ4v) is 3.72. The molecule has 1 atom stereocenters. The van der Waals surface area contributed by atoms with Crippen molar-refractivity contribution in [2.45, 2.75) is 32.0 Å². The van der Waals surface area contributed by atoms with E-state index < -0.39 is 0 Å². The highest BCUT2D eigenvalue weighted by Gasteiger charge is 2.26. The summed E-state index contributed by atoms with van der Waals surface area (Å²) in [7, 11) is 0.